The highest BCUT2D eigenvalue weighted by atomic mass is 16.1. The second kappa shape index (κ2) is 5.41. The number of rotatable bonds is 4. The molecule has 0 aromatic carbocycles. The van der Waals surface area contributed by atoms with Crippen LogP contribution in [0.2, 0.25) is 0 Å². The van der Waals surface area contributed by atoms with Gasteiger partial charge >= 0.3 is 0 Å². The van der Waals surface area contributed by atoms with Gasteiger partial charge in [-0.2, -0.15) is 0 Å². The third kappa shape index (κ3) is 2.86. The number of aromatic nitrogens is 3. The van der Waals surface area contributed by atoms with Crippen LogP contribution in [0.1, 0.15) is 38.3 Å². The van der Waals surface area contributed by atoms with Crippen molar-refractivity contribution < 1.29 is 4.79 Å². The summed E-state index contributed by atoms with van der Waals surface area (Å²) in [5.74, 6) is 1.02. The van der Waals surface area contributed by atoms with Crippen LogP contribution in [-0.2, 0) is 18.3 Å². The van der Waals surface area contributed by atoms with Gasteiger partial charge in [0.05, 0.1) is 17.7 Å². The monoisotopic (exact) mass is 264 g/mol. The van der Waals surface area contributed by atoms with E-state index in [0.29, 0.717) is 6.42 Å². The number of carbonyl (C=O) groups excluding carboxylic acids is 1. The van der Waals surface area contributed by atoms with Crippen molar-refractivity contribution in [2.45, 2.75) is 44.6 Å². The first-order valence-corrected chi connectivity index (χ1v) is 7.00. The van der Waals surface area contributed by atoms with Crippen molar-refractivity contribution in [3.8, 4) is 0 Å². The smallest absolute Gasteiger partial charge is 0.159 e. The Kier molecular flexibility index (Phi) is 4.04. The molecule has 1 heterocycles. The third-order valence-electron chi connectivity index (χ3n) is 4.47. The summed E-state index contributed by atoms with van der Waals surface area (Å²) in [5, 5.41) is 7.92. The van der Waals surface area contributed by atoms with Crippen LogP contribution < -0.4 is 0 Å². The van der Waals surface area contributed by atoms with Crippen LogP contribution in [0.25, 0.3) is 0 Å². The van der Waals surface area contributed by atoms with Crippen LogP contribution in [0, 0.1) is 5.92 Å². The third-order valence-corrected chi connectivity index (χ3v) is 4.47. The molecule has 0 bridgehead atoms. The molecule has 1 saturated carbocycles. The van der Waals surface area contributed by atoms with E-state index in [9.17, 15) is 4.79 Å². The van der Waals surface area contributed by atoms with Gasteiger partial charge in [0.1, 0.15) is 0 Å². The minimum Gasteiger partial charge on any atom is -0.297 e. The van der Waals surface area contributed by atoms with Crippen molar-refractivity contribution in [1.82, 2.24) is 19.9 Å². The summed E-state index contributed by atoms with van der Waals surface area (Å²) in [7, 11) is 5.86. The van der Waals surface area contributed by atoms with Gasteiger partial charge in [0, 0.05) is 13.2 Å². The number of aryl methyl sites for hydroxylation is 1. The molecule has 1 aromatic rings. The highest BCUT2D eigenvalue weighted by molar-refractivity contribution is 5.90. The van der Waals surface area contributed by atoms with E-state index in [2.05, 4.69) is 22.1 Å². The summed E-state index contributed by atoms with van der Waals surface area (Å²) >= 11 is 0. The first-order valence-electron chi connectivity index (χ1n) is 7.00. The maximum atomic E-state index is 12.7. The number of ketones is 1. The number of hydrogen-bond donors (Lipinski definition) is 0. The molecule has 0 spiro atoms. The molecule has 1 aliphatic rings. The van der Waals surface area contributed by atoms with Crippen molar-refractivity contribution >= 4 is 5.78 Å². The van der Waals surface area contributed by atoms with Gasteiger partial charge in [0.15, 0.2) is 5.78 Å². The SMILES string of the molecule is CC1CCC(C(=O)Cc2cn(C)nn2)(N(C)C)CC1. The second-order valence-corrected chi connectivity index (χ2v) is 6.09. The van der Waals surface area contributed by atoms with Crippen LogP contribution in [0.3, 0.4) is 0 Å². The van der Waals surface area contributed by atoms with E-state index in [0.717, 1.165) is 37.3 Å². The quantitative estimate of drug-likeness (QED) is 0.825. The molecule has 5 nitrogen and oxygen atoms in total. The molecular formula is C14H24N4O. The zero-order valence-electron chi connectivity index (χ0n) is 12.4. The Bertz CT molecular complexity index is 444. The zero-order chi connectivity index (χ0) is 14.0. The van der Waals surface area contributed by atoms with Gasteiger partial charge in [0.2, 0.25) is 0 Å². The van der Waals surface area contributed by atoms with Crippen molar-refractivity contribution in [2.24, 2.45) is 13.0 Å². The molecule has 0 aliphatic heterocycles. The van der Waals surface area contributed by atoms with Crippen molar-refractivity contribution in [1.29, 1.82) is 0 Å². The average molecular weight is 264 g/mol. The Hall–Kier alpha value is -1.23. The Morgan fingerprint density at radius 2 is 2.11 bits per heavy atom. The number of nitrogens with zero attached hydrogens (tertiary/aromatic N) is 4. The first kappa shape index (κ1) is 14.2. The van der Waals surface area contributed by atoms with Gasteiger partial charge in [-0.3, -0.25) is 14.4 Å². The fourth-order valence-electron chi connectivity index (χ4n) is 3.02. The summed E-state index contributed by atoms with van der Waals surface area (Å²) in [6.07, 6.45) is 6.39. The lowest BCUT2D eigenvalue weighted by Crippen LogP contribution is -2.53. The Morgan fingerprint density at radius 3 is 2.58 bits per heavy atom. The Labute approximate surface area is 115 Å². The molecule has 106 valence electrons. The molecule has 19 heavy (non-hydrogen) atoms. The standard InChI is InChI=1S/C14H24N4O/c1-11-5-7-14(8-6-11,17(2)3)13(19)9-12-10-18(4)16-15-12/h10-11H,5-9H2,1-4H3. The van der Waals surface area contributed by atoms with E-state index in [1.807, 2.05) is 27.3 Å². The molecule has 1 aliphatic carbocycles. The van der Waals surface area contributed by atoms with Gasteiger partial charge in [-0.25, -0.2) is 0 Å². The van der Waals surface area contributed by atoms with Crippen LogP contribution in [0.4, 0.5) is 0 Å². The fraction of sp³-hybridized carbons (Fsp3) is 0.786. The maximum absolute atomic E-state index is 12.7. The van der Waals surface area contributed by atoms with E-state index >= 15 is 0 Å². The van der Waals surface area contributed by atoms with E-state index in [1.54, 1.807) is 4.68 Å². The Morgan fingerprint density at radius 1 is 1.47 bits per heavy atom. The minimum atomic E-state index is -0.302. The van der Waals surface area contributed by atoms with E-state index in [1.165, 1.54) is 0 Å². The molecule has 0 saturated heterocycles. The average Bonchev–Trinajstić information content (AvgIpc) is 2.75. The number of Topliss-reactive ketones (excluding diaryl/α,β-unsaturated/α-hetero) is 1. The predicted octanol–water partition coefficient (Wildman–Crippen LogP) is 1.44. The molecule has 2 rings (SSSR count). The lowest BCUT2D eigenvalue weighted by Gasteiger charge is -2.43. The molecule has 5 heteroatoms. The minimum absolute atomic E-state index is 0.282. The highest BCUT2D eigenvalue weighted by Gasteiger charge is 2.42. The lowest BCUT2D eigenvalue weighted by atomic mass is 9.73. The molecular weight excluding hydrogens is 240 g/mol. The van der Waals surface area contributed by atoms with Crippen molar-refractivity contribution in [3.63, 3.8) is 0 Å². The summed E-state index contributed by atoms with van der Waals surface area (Å²) in [5.41, 5.74) is 0.469. The van der Waals surface area contributed by atoms with Crippen LogP contribution in [0.15, 0.2) is 6.20 Å². The highest BCUT2D eigenvalue weighted by Crippen LogP contribution is 2.36. The molecule has 0 atom stereocenters. The van der Waals surface area contributed by atoms with E-state index in [-0.39, 0.29) is 11.3 Å². The lowest BCUT2D eigenvalue weighted by molar-refractivity contribution is -0.131. The van der Waals surface area contributed by atoms with E-state index < -0.39 is 0 Å². The summed E-state index contributed by atoms with van der Waals surface area (Å²) in [6, 6.07) is 0. The van der Waals surface area contributed by atoms with Crippen LogP contribution in [-0.4, -0.2) is 45.3 Å². The predicted molar refractivity (Wildman–Crippen MR) is 73.8 cm³/mol. The largest absolute Gasteiger partial charge is 0.297 e. The molecule has 0 radical (unpaired) electrons. The Balaban J connectivity index is 2.13. The topological polar surface area (TPSA) is 51.0 Å². The van der Waals surface area contributed by atoms with Gasteiger partial charge in [-0.05, 0) is 45.7 Å². The number of carbonyl (C=O) groups is 1. The van der Waals surface area contributed by atoms with Gasteiger partial charge in [-0.15, -0.1) is 5.10 Å². The van der Waals surface area contributed by atoms with Crippen molar-refractivity contribution in [3.05, 3.63) is 11.9 Å². The number of hydrogen-bond acceptors (Lipinski definition) is 4. The summed E-state index contributed by atoms with van der Waals surface area (Å²) in [6.45, 7) is 2.27. The van der Waals surface area contributed by atoms with Crippen molar-refractivity contribution in [2.75, 3.05) is 14.1 Å². The maximum Gasteiger partial charge on any atom is 0.159 e. The first-order chi connectivity index (χ1) is 8.94. The molecule has 0 N–H and O–H groups in total. The fourth-order valence-corrected chi connectivity index (χ4v) is 3.02. The summed E-state index contributed by atoms with van der Waals surface area (Å²) < 4.78 is 1.65. The second-order valence-electron chi connectivity index (χ2n) is 6.09. The zero-order valence-corrected chi connectivity index (χ0v) is 12.4. The van der Waals surface area contributed by atoms with Gasteiger partial charge < -0.3 is 0 Å². The molecule has 0 unspecified atom stereocenters. The molecule has 1 fully saturated rings. The normalized spacial score (nSPS) is 27.7. The van der Waals surface area contributed by atoms with E-state index in [4.69, 9.17) is 0 Å². The summed E-state index contributed by atoms with van der Waals surface area (Å²) in [4.78, 5) is 14.8. The van der Waals surface area contributed by atoms with Crippen LogP contribution >= 0.6 is 0 Å². The number of likely N-dealkylation sites (N-methyl/N-ethyl adjacent to an activating group) is 1. The molecule has 0 amide bonds. The van der Waals surface area contributed by atoms with Gasteiger partial charge in [0.25, 0.3) is 0 Å². The van der Waals surface area contributed by atoms with Gasteiger partial charge in [-0.1, -0.05) is 12.1 Å². The molecule has 1 aromatic heterocycles. The van der Waals surface area contributed by atoms with Crippen LogP contribution in [0.5, 0.6) is 0 Å².